The van der Waals surface area contributed by atoms with Crippen LogP contribution >= 0.6 is 0 Å². The fourth-order valence-electron chi connectivity index (χ4n) is 6.69. The normalized spacial score (nSPS) is 24.1. The van der Waals surface area contributed by atoms with Gasteiger partial charge in [0, 0.05) is 36.4 Å². The third-order valence-electron chi connectivity index (χ3n) is 10.9. The maximum Gasteiger partial charge on any atom is 0.321 e. The van der Waals surface area contributed by atoms with Crippen LogP contribution in [-0.4, -0.2) is 52.8 Å². The Morgan fingerprint density at radius 3 is 2.27 bits per heavy atom. The number of rotatable bonds is 15. The first-order valence-electron chi connectivity index (χ1n) is 18.3. The molecule has 0 spiro atoms. The number of aliphatic hydroxyl groups excluding tert-OH is 1. The van der Waals surface area contributed by atoms with E-state index in [0.717, 1.165) is 42.6 Å². The van der Waals surface area contributed by atoms with E-state index in [1.165, 1.54) is 38.5 Å². The van der Waals surface area contributed by atoms with Crippen LogP contribution in [0.4, 0.5) is 0 Å². The highest BCUT2D eigenvalue weighted by Crippen LogP contribution is 2.62. The van der Waals surface area contributed by atoms with E-state index in [1.54, 1.807) is 30.5 Å². The lowest BCUT2D eigenvalue weighted by atomic mass is 9.46. The number of hydrogen-bond donors (Lipinski definition) is 4. The molecule has 4 N–H and O–H groups in total. The van der Waals surface area contributed by atoms with Crippen LogP contribution in [0.2, 0.25) is 0 Å². The third-order valence-corrected chi connectivity index (χ3v) is 10.9. The number of aromatic nitrogens is 1. The van der Waals surface area contributed by atoms with Crippen LogP contribution in [0.15, 0.2) is 41.8 Å². The van der Waals surface area contributed by atoms with Crippen LogP contribution < -0.4 is 10.6 Å². The van der Waals surface area contributed by atoms with Crippen LogP contribution in [-0.2, 0) is 16.0 Å². The van der Waals surface area contributed by atoms with Crippen molar-refractivity contribution in [2.24, 2.45) is 23.2 Å². The summed E-state index contributed by atoms with van der Waals surface area (Å²) in [7, 11) is 5.31. The Labute approximate surface area is 292 Å². The Morgan fingerprint density at radius 1 is 1.06 bits per heavy atom. The molecule has 9 heteroatoms. The van der Waals surface area contributed by atoms with Gasteiger partial charge in [0.05, 0.1) is 11.5 Å². The number of unbranched alkanes of at least 4 members (excludes halogenated alkanes) is 2. The second-order valence-corrected chi connectivity index (χ2v) is 15.2. The van der Waals surface area contributed by atoms with Gasteiger partial charge >= 0.3 is 5.97 Å². The Bertz CT molecular complexity index is 1200. The topological polar surface area (TPSA) is 121 Å². The van der Waals surface area contributed by atoms with Crippen LogP contribution in [0.3, 0.4) is 0 Å². The van der Waals surface area contributed by atoms with Gasteiger partial charge in [0.2, 0.25) is 0 Å². The zero-order chi connectivity index (χ0) is 35.9. The van der Waals surface area contributed by atoms with Gasteiger partial charge in [0.1, 0.15) is 6.04 Å². The highest BCUT2D eigenvalue weighted by molar-refractivity contribution is 5.98. The largest absolute Gasteiger partial charge is 0.512 e. The Hall–Kier alpha value is -2.65. The van der Waals surface area contributed by atoms with Crippen LogP contribution in [0.25, 0.3) is 0 Å². The molecule has 1 aromatic heterocycles. The molecule has 6 atom stereocenters. The zero-order valence-corrected chi connectivity index (χ0v) is 31.1. The summed E-state index contributed by atoms with van der Waals surface area (Å²) in [5.41, 5.74) is 2.61. The smallest absolute Gasteiger partial charge is 0.321 e. The molecule has 1 aromatic rings. The average molecular weight is 666 g/mol. The summed E-state index contributed by atoms with van der Waals surface area (Å²) in [4.78, 5) is 28.0. The summed E-state index contributed by atoms with van der Waals surface area (Å²) >= 11 is 0. The van der Waals surface area contributed by atoms with Crippen LogP contribution in [0.5, 0.6) is 0 Å². The molecule has 0 aromatic carbocycles. The third kappa shape index (κ3) is 13.3. The lowest BCUT2D eigenvalue weighted by Gasteiger charge is -2.61. The number of allylic oxidation sites excluding steroid dienone is 3. The number of carboxylic acid groups (broad SMARTS) is 1. The van der Waals surface area contributed by atoms with Gasteiger partial charge < -0.3 is 20.2 Å². The summed E-state index contributed by atoms with van der Waals surface area (Å²) in [5, 5.41) is 24.8. The van der Waals surface area contributed by atoms with Crippen molar-refractivity contribution in [2.45, 2.75) is 157 Å². The van der Waals surface area contributed by atoms with E-state index < -0.39 is 12.0 Å². The van der Waals surface area contributed by atoms with Gasteiger partial charge in [-0.25, -0.2) is 0 Å². The van der Waals surface area contributed by atoms with Crippen molar-refractivity contribution in [3.63, 3.8) is 0 Å². The molecular formula is C39H64BN3O5. The van der Waals surface area contributed by atoms with E-state index in [4.69, 9.17) is 12.7 Å². The number of aliphatic hydroxyl groups is 1. The first kappa shape index (κ1) is 41.5. The second kappa shape index (κ2) is 20.1. The number of hydrogen-bond acceptors (Lipinski definition) is 6. The molecule has 4 aliphatic rings. The molecule has 5 rings (SSSR count). The lowest BCUT2D eigenvalue weighted by molar-refractivity contribution is -0.146. The van der Waals surface area contributed by atoms with E-state index in [0.29, 0.717) is 41.7 Å². The fourth-order valence-corrected chi connectivity index (χ4v) is 6.69. The summed E-state index contributed by atoms with van der Waals surface area (Å²) < 4.78 is 5.07. The first-order valence-corrected chi connectivity index (χ1v) is 18.3. The molecule has 8 nitrogen and oxygen atoms in total. The summed E-state index contributed by atoms with van der Waals surface area (Å²) in [5.74, 6) is 1.84. The molecule has 3 saturated carbocycles. The van der Waals surface area contributed by atoms with Gasteiger partial charge in [0.25, 0.3) is 14.0 Å². The maximum absolute atomic E-state index is 12.2. The highest BCUT2D eigenvalue weighted by Gasteiger charge is 2.56. The minimum atomic E-state index is -0.944. The lowest BCUT2D eigenvalue weighted by Crippen LogP contribution is -2.56. The SMILES string of the molecule is CCC(C)NC(=O)c1ccnc(CNC(CC2=CC=C(O)CC2)C(=O)O)c1.CCCCCC(C)CC.[B]OC1(C)CC2C[C@@H](C1)C2(C)C. The number of nitrogens with zero attached hydrogens (tertiary/aromatic N) is 1. The number of fused-ring (bicyclic) bond motifs is 2. The quantitative estimate of drug-likeness (QED) is 0.109. The molecular weight excluding hydrogens is 601 g/mol. The average Bonchev–Trinajstić information content (AvgIpc) is 3.08. The van der Waals surface area contributed by atoms with E-state index in [2.05, 4.69) is 57.2 Å². The van der Waals surface area contributed by atoms with Gasteiger partial charge in [-0.15, -0.1) is 0 Å². The molecule has 2 radical (unpaired) electrons. The molecule has 5 unspecified atom stereocenters. The number of carbonyl (C=O) groups excluding carboxylic acids is 1. The van der Waals surface area contributed by atoms with Crippen LogP contribution in [0.1, 0.15) is 148 Å². The van der Waals surface area contributed by atoms with E-state index >= 15 is 0 Å². The molecule has 2 bridgehead atoms. The highest BCUT2D eigenvalue weighted by atomic mass is 16.4. The van der Waals surface area contributed by atoms with Crippen molar-refractivity contribution in [1.82, 2.24) is 15.6 Å². The van der Waals surface area contributed by atoms with E-state index in [1.807, 2.05) is 13.8 Å². The fraction of sp³-hybridized carbons (Fsp3) is 0.718. The first-order chi connectivity index (χ1) is 22.7. The molecule has 0 saturated heterocycles. The summed E-state index contributed by atoms with van der Waals surface area (Å²) in [6.45, 7) is 18.0. The van der Waals surface area contributed by atoms with Crippen LogP contribution in [0, 0.1) is 23.2 Å². The summed E-state index contributed by atoms with van der Waals surface area (Å²) in [6.07, 6.45) is 18.0. The number of carbonyl (C=O) groups is 2. The van der Waals surface area contributed by atoms with Gasteiger partial charge in [0.15, 0.2) is 0 Å². The Morgan fingerprint density at radius 2 is 1.75 bits per heavy atom. The Balaban J connectivity index is 0.000000310. The molecule has 1 heterocycles. The minimum absolute atomic E-state index is 0.0247. The van der Waals surface area contributed by atoms with Crippen molar-refractivity contribution in [2.75, 3.05) is 0 Å². The van der Waals surface area contributed by atoms with Crippen molar-refractivity contribution in [1.29, 1.82) is 0 Å². The molecule has 4 aliphatic carbocycles. The number of nitrogens with one attached hydrogen (secondary N) is 2. The molecule has 3 fully saturated rings. The number of pyridine rings is 1. The van der Waals surface area contributed by atoms with Crippen molar-refractivity contribution in [3.8, 4) is 0 Å². The van der Waals surface area contributed by atoms with Crippen molar-refractivity contribution < 1.29 is 24.5 Å². The van der Waals surface area contributed by atoms with E-state index in [9.17, 15) is 19.8 Å². The number of carboxylic acids is 1. The molecule has 1 amide bonds. The predicted octanol–water partition coefficient (Wildman–Crippen LogP) is 8.62. The summed E-state index contributed by atoms with van der Waals surface area (Å²) in [6, 6.07) is 2.64. The number of amides is 1. The van der Waals surface area contributed by atoms with E-state index in [-0.39, 0.29) is 24.1 Å². The minimum Gasteiger partial charge on any atom is -0.512 e. The maximum atomic E-state index is 12.2. The zero-order valence-electron chi connectivity index (χ0n) is 31.1. The molecule has 268 valence electrons. The second-order valence-electron chi connectivity index (χ2n) is 15.2. The Kier molecular flexibility index (Phi) is 17.4. The molecule has 48 heavy (non-hydrogen) atoms. The predicted molar refractivity (Wildman–Crippen MR) is 196 cm³/mol. The van der Waals surface area contributed by atoms with Gasteiger partial charge in [-0.3, -0.25) is 19.9 Å². The van der Waals surface area contributed by atoms with Crippen molar-refractivity contribution in [3.05, 3.63) is 53.1 Å². The monoisotopic (exact) mass is 665 g/mol. The van der Waals surface area contributed by atoms with Crippen molar-refractivity contribution >= 4 is 19.9 Å². The molecule has 0 aliphatic heterocycles. The standard InChI is InChI=1S/C20H27N3O4.C10H17BO.C9H20/c1-3-13(2)23-19(25)15-8-9-21-16(11-15)12-22-18(20(26)27)10-14-4-6-17(24)7-5-14;1-9(2)7-4-8(9)6-10(3,5-7)12-11;1-4-6-7-8-9(3)5-2/h4,6,8-9,11,13,18,22,24H,3,5,7,10,12H2,1-2H3,(H,23,25)(H,26,27);7-8H,4-6H2,1-3H3;9H,4-8H2,1-3H3/t;7-,8?,10?;/m.0./s1. The van der Waals surface area contributed by atoms with Gasteiger partial charge in [-0.1, -0.05) is 85.3 Å². The van der Waals surface area contributed by atoms with Gasteiger partial charge in [-0.05, 0) is 93.7 Å². The number of aliphatic carboxylic acids is 1. The van der Waals surface area contributed by atoms with Gasteiger partial charge in [-0.2, -0.15) is 0 Å².